The van der Waals surface area contributed by atoms with Crippen molar-refractivity contribution < 1.29 is 58.1 Å². The molecule has 2 heterocycles. The summed E-state index contributed by atoms with van der Waals surface area (Å²) in [6.07, 6.45) is 6.08. The zero-order valence-corrected chi connectivity index (χ0v) is 45.5. The van der Waals surface area contributed by atoms with E-state index >= 15 is 0 Å². The van der Waals surface area contributed by atoms with Gasteiger partial charge in [-0.3, -0.25) is 0 Å². The molecular formula is C61H64N2O12S2. The molecule has 0 fully saturated rings. The zero-order chi connectivity index (χ0) is 54.5. The number of phenols is 2. The average Bonchev–Trinajstić information content (AvgIpc) is 4.20. The largest absolute Gasteiger partial charge is 0.507 e. The Labute approximate surface area is 457 Å². The number of ether oxygens (including phenoxy) is 7. The summed E-state index contributed by atoms with van der Waals surface area (Å²) in [5.74, 6) is 3.52. The maximum Gasteiger partial charge on any atom is 0.341 e. The van der Waals surface area contributed by atoms with E-state index in [0.717, 1.165) is 77.9 Å². The minimum Gasteiger partial charge on any atom is -0.507 e. The fourth-order valence-corrected chi connectivity index (χ4v) is 9.45. The van der Waals surface area contributed by atoms with Gasteiger partial charge in [0.05, 0.1) is 55.9 Å². The van der Waals surface area contributed by atoms with E-state index in [9.17, 15) is 24.9 Å². The van der Waals surface area contributed by atoms with Gasteiger partial charge in [0.2, 0.25) is 0 Å². The second-order valence-electron chi connectivity index (χ2n) is 17.5. The number of aromatic nitrogens is 2. The molecule has 0 saturated heterocycles. The first-order chi connectivity index (χ1) is 37.6. The first kappa shape index (κ1) is 56.6. The van der Waals surface area contributed by atoms with Crippen LogP contribution in [0.25, 0.3) is 22.5 Å². The number of benzene rings is 6. The second kappa shape index (κ2) is 28.7. The van der Waals surface area contributed by atoms with Crippen LogP contribution in [-0.4, -0.2) is 70.8 Å². The quantitative estimate of drug-likeness (QED) is 0.0343. The van der Waals surface area contributed by atoms with Crippen LogP contribution in [0.1, 0.15) is 96.3 Å². The molecule has 0 radical (unpaired) electrons. The second-order valence-corrected chi connectivity index (χ2v) is 18.9. The Balaban J connectivity index is 0.000000224. The van der Waals surface area contributed by atoms with Gasteiger partial charge >= 0.3 is 11.9 Å². The molecule has 0 saturated carbocycles. The van der Waals surface area contributed by atoms with E-state index in [-0.39, 0.29) is 17.1 Å². The number of phenolic OH excluding ortho intramolecular Hbond substituents is 2. The Hall–Kier alpha value is -8.08. The molecule has 14 nitrogen and oxygen atoms in total. The van der Waals surface area contributed by atoms with Gasteiger partial charge in [0, 0.05) is 58.0 Å². The van der Waals surface area contributed by atoms with Gasteiger partial charge in [-0.2, -0.15) is 0 Å². The van der Waals surface area contributed by atoms with Crippen LogP contribution in [0, 0.1) is 0 Å². The van der Waals surface area contributed by atoms with Crippen molar-refractivity contribution in [2.24, 2.45) is 0 Å². The fraction of sp³-hybridized carbons (Fsp3) is 0.279. The number of hydrogen-bond acceptors (Lipinski definition) is 15. The number of methoxy groups -OCH3 is 1. The first-order valence-corrected chi connectivity index (χ1v) is 27.5. The first-order valence-electron chi connectivity index (χ1n) is 25.7. The summed E-state index contributed by atoms with van der Waals surface area (Å²) >= 11 is 2.98. The van der Waals surface area contributed by atoms with Crippen LogP contribution in [0.5, 0.6) is 57.5 Å². The molecule has 77 heavy (non-hydrogen) atoms. The van der Waals surface area contributed by atoms with Gasteiger partial charge in [0.1, 0.15) is 68.6 Å². The van der Waals surface area contributed by atoms with Crippen molar-refractivity contribution in [1.29, 1.82) is 0 Å². The van der Waals surface area contributed by atoms with Crippen LogP contribution in [-0.2, 0) is 30.4 Å². The molecule has 8 rings (SSSR count). The van der Waals surface area contributed by atoms with Crippen LogP contribution < -0.4 is 28.4 Å². The molecule has 402 valence electrons. The van der Waals surface area contributed by atoms with Gasteiger partial charge in [-0.05, 0) is 97.5 Å². The van der Waals surface area contributed by atoms with Crippen LogP contribution in [0.15, 0.2) is 131 Å². The van der Waals surface area contributed by atoms with Crippen molar-refractivity contribution in [3.8, 4) is 80.0 Å². The maximum atomic E-state index is 12.2. The third kappa shape index (κ3) is 15.1. The summed E-state index contributed by atoms with van der Waals surface area (Å²) in [5, 5.41) is 34.4. The Morgan fingerprint density at radius 1 is 0.506 bits per heavy atom. The van der Waals surface area contributed by atoms with Gasteiger partial charge in [0.15, 0.2) is 0 Å². The molecule has 16 heteroatoms. The summed E-state index contributed by atoms with van der Waals surface area (Å²) in [6.45, 7) is 10.0. The predicted octanol–water partition coefficient (Wildman–Crippen LogP) is 14.8. The number of esters is 1. The molecule has 8 aromatic rings. The monoisotopic (exact) mass is 1080 g/mol. The van der Waals surface area contributed by atoms with Gasteiger partial charge in [0.25, 0.3) is 0 Å². The van der Waals surface area contributed by atoms with Crippen LogP contribution in [0.3, 0.4) is 0 Å². The molecule has 0 atom stereocenters. The van der Waals surface area contributed by atoms with Crippen LogP contribution >= 0.6 is 22.7 Å². The maximum absolute atomic E-state index is 12.2. The highest BCUT2D eigenvalue weighted by Gasteiger charge is 2.20. The van der Waals surface area contributed by atoms with Crippen LogP contribution in [0.4, 0.5) is 0 Å². The number of carbonyl (C=O) groups is 2. The van der Waals surface area contributed by atoms with Gasteiger partial charge in [-0.1, -0.05) is 76.9 Å². The lowest BCUT2D eigenvalue weighted by atomic mass is 10.0. The van der Waals surface area contributed by atoms with Gasteiger partial charge in [-0.15, -0.1) is 22.7 Å². The number of aryl methyl sites for hydroxylation is 2. The molecule has 0 aliphatic rings. The fourth-order valence-electron chi connectivity index (χ4n) is 8.35. The van der Waals surface area contributed by atoms with Crippen molar-refractivity contribution in [3.63, 3.8) is 0 Å². The van der Waals surface area contributed by atoms with E-state index in [2.05, 4.69) is 30.7 Å². The van der Waals surface area contributed by atoms with Crippen molar-refractivity contribution >= 4 is 34.6 Å². The van der Waals surface area contributed by atoms with E-state index in [1.807, 2.05) is 72.3 Å². The summed E-state index contributed by atoms with van der Waals surface area (Å²) in [4.78, 5) is 32.4. The average molecular weight is 1080 g/mol. The summed E-state index contributed by atoms with van der Waals surface area (Å²) in [6, 6.07) is 32.0. The molecule has 0 unspecified atom stereocenters. The topological polar surface area (TPSA) is 185 Å². The summed E-state index contributed by atoms with van der Waals surface area (Å²) < 4.78 is 41.4. The van der Waals surface area contributed by atoms with Crippen molar-refractivity contribution in [3.05, 3.63) is 164 Å². The van der Waals surface area contributed by atoms with E-state index in [1.165, 1.54) is 35.8 Å². The Morgan fingerprint density at radius 2 is 0.909 bits per heavy atom. The molecular weight excluding hydrogens is 1020 g/mol. The third-order valence-electron chi connectivity index (χ3n) is 12.2. The lowest BCUT2D eigenvalue weighted by Gasteiger charge is -2.17. The highest BCUT2D eigenvalue weighted by molar-refractivity contribution is 7.08. The Kier molecular flexibility index (Phi) is 21.1. The zero-order valence-electron chi connectivity index (χ0n) is 43.9. The number of rotatable bonds is 26. The van der Waals surface area contributed by atoms with Crippen molar-refractivity contribution in [2.45, 2.75) is 79.1 Å². The lowest BCUT2D eigenvalue weighted by molar-refractivity contribution is 0.0596. The highest BCUT2D eigenvalue weighted by atomic mass is 32.1. The molecule has 0 spiro atoms. The predicted molar refractivity (Wildman–Crippen MR) is 301 cm³/mol. The number of para-hydroxylation sites is 2. The number of aromatic hydroxyl groups is 2. The Morgan fingerprint density at radius 3 is 1.31 bits per heavy atom. The molecule has 0 aliphatic heterocycles. The Bertz CT molecular complexity index is 3180. The number of carbonyl (C=O) groups excluding carboxylic acids is 1. The molecule has 3 N–H and O–H groups in total. The van der Waals surface area contributed by atoms with Gasteiger partial charge in [-0.25, -0.2) is 19.6 Å². The van der Waals surface area contributed by atoms with E-state index in [0.29, 0.717) is 96.2 Å². The highest BCUT2D eigenvalue weighted by Crippen LogP contribution is 2.39. The number of aromatic carboxylic acids is 1. The molecule has 0 aliphatic carbocycles. The minimum absolute atomic E-state index is 0.107. The SMILES string of the molecule is CCCc1c(OCCCOc2cc(O)c(-c3cscn3)cc2CC)cccc1Oc1ccccc1C(=O)O.CCCc1c(OCCCOc2cc(O)c(-c3cscn3)cc2CC)cccc1Oc1ccccc1C(=O)OC. The molecule has 6 aromatic carbocycles. The van der Waals surface area contributed by atoms with Crippen molar-refractivity contribution in [2.75, 3.05) is 33.5 Å². The number of carboxylic acids is 1. The smallest absolute Gasteiger partial charge is 0.341 e. The van der Waals surface area contributed by atoms with Crippen LogP contribution in [0.2, 0.25) is 0 Å². The number of hydrogen-bond donors (Lipinski definition) is 3. The van der Waals surface area contributed by atoms with E-state index in [1.54, 1.807) is 59.6 Å². The van der Waals surface area contributed by atoms with Gasteiger partial charge < -0.3 is 48.5 Å². The molecule has 0 amide bonds. The number of carboxylic acid groups (broad SMARTS) is 1. The third-order valence-corrected chi connectivity index (χ3v) is 13.3. The number of nitrogens with zero attached hydrogens (tertiary/aromatic N) is 2. The standard InChI is InChI=1S/C31H33NO6S.C30H31NO6S/c1-4-10-22-27(13-8-14-28(22)38-29-12-7-6-11-23(29)31(34)35-3)36-15-9-16-37-30-18-26(33)24(17-21(30)5-2)25-19-39-20-32-25;1-3-9-21-26(12-7-13-27(21)37-28-11-6-5-10-22(28)30(33)34)35-14-8-15-36-29-17-25(32)23(16-20(29)4-2)24-18-38-19-31-24/h6-8,11-14,17-20,33H,4-5,9-10,15-16H2,1-3H3;5-7,10-13,16-19,32H,3-4,8-9,14-15H2,1-2H3,(H,33,34). The lowest BCUT2D eigenvalue weighted by Crippen LogP contribution is -2.08. The number of thiazole rings is 2. The molecule has 2 aromatic heterocycles. The minimum atomic E-state index is -1.04. The van der Waals surface area contributed by atoms with Crippen molar-refractivity contribution in [1.82, 2.24) is 9.97 Å². The summed E-state index contributed by atoms with van der Waals surface area (Å²) in [7, 11) is 1.35. The normalized spacial score (nSPS) is 10.8. The van der Waals surface area contributed by atoms with E-state index in [4.69, 9.17) is 33.2 Å². The summed E-state index contributed by atoms with van der Waals surface area (Å²) in [5.41, 5.74) is 10.7. The molecule has 0 bridgehead atoms. The van der Waals surface area contributed by atoms with E-state index < -0.39 is 11.9 Å².